The van der Waals surface area contributed by atoms with Crippen molar-refractivity contribution in [2.75, 3.05) is 26.2 Å². The highest BCUT2D eigenvalue weighted by Gasteiger charge is 2.42. The molecule has 6 nitrogen and oxygen atoms in total. The average molecular weight is 412 g/mol. The summed E-state index contributed by atoms with van der Waals surface area (Å²) >= 11 is 5.93. The van der Waals surface area contributed by atoms with Gasteiger partial charge in [-0.15, -0.1) is 0 Å². The molecule has 2 aliphatic rings. The van der Waals surface area contributed by atoms with Crippen molar-refractivity contribution in [1.29, 1.82) is 0 Å². The molecule has 29 heavy (non-hydrogen) atoms. The zero-order valence-electron chi connectivity index (χ0n) is 16.2. The van der Waals surface area contributed by atoms with Gasteiger partial charge in [0, 0.05) is 37.7 Å². The molecular formula is C22H22ClN3O3. The maximum Gasteiger partial charge on any atom is 0.262 e. The van der Waals surface area contributed by atoms with Crippen molar-refractivity contribution in [2.24, 2.45) is 0 Å². The van der Waals surface area contributed by atoms with Gasteiger partial charge in [-0.05, 0) is 36.8 Å². The average Bonchev–Trinajstić information content (AvgIpc) is 3.00. The molecule has 0 aromatic heterocycles. The molecule has 150 valence electrons. The summed E-state index contributed by atoms with van der Waals surface area (Å²) in [4.78, 5) is 43.4. The molecule has 3 amide bonds. The molecule has 2 aromatic rings. The Morgan fingerprint density at radius 3 is 2.03 bits per heavy atom. The molecule has 0 aliphatic carbocycles. The second kappa shape index (κ2) is 7.97. The lowest BCUT2D eigenvalue weighted by Gasteiger charge is -2.37. The van der Waals surface area contributed by atoms with E-state index in [1.165, 1.54) is 5.56 Å². The zero-order valence-corrected chi connectivity index (χ0v) is 16.9. The quantitative estimate of drug-likeness (QED) is 0.726. The number of fused-ring (bicyclic) bond motifs is 1. The smallest absolute Gasteiger partial charge is 0.262 e. The van der Waals surface area contributed by atoms with E-state index in [0.29, 0.717) is 29.2 Å². The summed E-state index contributed by atoms with van der Waals surface area (Å²) in [6.07, 6.45) is 0. The molecule has 2 aromatic carbocycles. The van der Waals surface area contributed by atoms with Gasteiger partial charge in [0.05, 0.1) is 11.1 Å². The number of nitrogens with zero attached hydrogens (tertiary/aromatic N) is 3. The van der Waals surface area contributed by atoms with E-state index in [1.54, 1.807) is 36.1 Å². The van der Waals surface area contributed by atoms with Gasteiger partial charge in [-0.1, -0.05) is 35.9 Å². The van der Waals surface area contributed by atoms with E-state index in [9.17, 15) is 14.4 Å². The van der Waals surface area contributed by atoms with Crippen LogP contribution in [-0.4, -0.2) is 64.6 Å². The third-order valence-corrected chi connectivity index (χ3v) is 5.83. The minimum atomic E-state index is -0.815. The molecule has 1 atom stereocenters. The number of hydrogen-bond acceptors (Lipinski definition) is 4. The van der Waals surface area contributed by atoms with Crippen LogP contribution in [0.3, 0.4) is 0 Å². The second-order valence-electron chi connectivity index (χ2n) is 7.43. The molecule has 0 bridgehead atoms. The SMILES string of the molecule is C[C@@H](C(=O)N1CCN(Cc2ccc(Cl)cc2)CC1)N1C(=O)c2ccccc2C1=O. The Balaban J connectivity index is 1.37. The van der Waals surface area contributed by atoms with Crippen LogP contribution in [-0.2, 0) is 11.3 Å². The van der Waals surface area contributed by atoms with E-state index in [1.807, 2.05) is 24.3 Å². The Bertz CT molecular complexity index is 917. The predicted molar refractivity (Wildman–Crippen MR) is 110 cm³/mol. The number of amides is 3. The van der Waals surface area contributed by atoms with Crippen molar-refractivity contribution in [3.05, 3.63) is 70.2 Å². The Morgan fingerprint density at radius 1 is 0.931 bits per heavy atom. The molecule has 4 rings (SSSR count). The molecule has 0 radical (unpaired) electrons. The number of imide groups is 1. The first-order valence-electron chi connectivity index (χ1n) is 9.68. The number of piperazine rings is 1. The van der Waals surface area contributed by atoms with Crippen molar-refractivity contribution in [2.45, 2.75) is 19.5 Å². The normalized spacial score (nSPS) is 18.1. The molecule has 0 spiro atoms. The fraction of sp³-hybridized carbons (Fsp3) is 0.318. The van der Waals surface area contributed by atoms with E-state index in [4.69, 9.17) is 11.6 Å². The van der Waals surface area contributed by atoms with E-state index in [2.05, 4.69) is 4.90 Å². The molecular weight excluding hydrogens is 390 g/mol. The van der Waals surface area contributed by atoms with Gasteiger partial charge in [0.1, 0.15) is 6.04 Å². The molecule has 2 heterocycles. The summed E-state index contributed by atoms with van der Waals surface area (Å²) in [7, 11) is 0. The monoisotopic (exact) mass is 411 g/mol. The fourth-order valence-corrected chi connectivity index (χ4v) is 4.03. The number of carbonyl (C=O) groups excluding carboxylic acids is 3. The number of halogens is 1. The van der Waals surface area contributed by atoms with Gasteiger partial charge in [0.15, 0.2) is 0 Å². The molecule has 7 heteroatoms. The van der Waals surface area contributed by atoms with Crippen LogP contribution in [0.1, 0.15) is 33.2 Å². The highest BCUT2D eigenvalue weighted by molar-refractivity contribution is 6.30. The summed E-state index contributed by atoms with van der Waals surface area (Å²) < 4.78 is 0. The Kier molecular flexibility index (Phi) is 5.39. The molecule has 2 aliphatic heterocycles. The summed E-state index contributed by atoms with van der Waals surface area (Å²) in [5, 5.41) is 0.714. The van der Waals surface area contributed by atoms with Crippen LogP contribution in [0.15, 0.2) is 48.5 Å². The third-order valence-electron chi connectivity index (χ3n) is 5.57. The first-order valence-corrected chi connectivity index (χ1v) is 10.1. The zero-order chi connectivity index (χ0) is 20.5. The summed E-state index contributed by atoms with van der Waals surface area (Å²) in [5.74, 6) is -0.980. The summed E-state index contributed by atoms with van der Waals surface area (Å²) in [6, 6.07) is 13.6. The molecule has 0 N–H and O–H groups in total. The van der Waals surface area contributed by atoms with Crippen molar-refractivity contribution < 1.29 is 14.4 Å². The lowest BCUT2D eigenvalue weighted by Crippen LogP contribution is -2.55. The topological polar surface area (TPSA) is 60.9 Å². The van der Waals surface area contributed by atoms with E-state index < -0.39 is 17.9 Å². The first kappa shape index (κ1) is 19.6. The van der Waals surface area contributed by atoms with Gasteiger partial charge in [0.25, 0.3) is 11.8 Å². The minimum Gasteiger partial charge on any atom is -0.338 e. The van der Waals surface area contributed by atoms with Crippen LogP contribution in [0.2, 0.25) is 5.02 Å². The second-order valence-corrected chi connectivity index (χ2v) is 7.87. The van der Waals surface area contributed by atoms with Crippen LogP contribution in [0.25, 0.3) is 0 Å². The van der Waals surface area contributed by atoms with Crippen LogP contribution in [0.5, 0.6) is 0 Å². The Morgan fingerprint density at radius 2 is 1.48 bits per heavy atom. The highest BCUT2D eigenvalue weighted by atomic mass is 35.5. The maximum atomic E-state index is 13.0. The van der Waals surface area contributed by atoms with Crippen molar-refractivity contribution in [3.63, 3.8) is 0 Å². The molecule has 0 unspecified atom stereocenters. The fourth-order valence-electron chi connectivity index (χ4n) is 3.91. The highest BCUT2D eigenvalue weighted by Crippen LogP contribution is 2.25. The van der Waals surface area contributed by atoms with E-state index in [-0.39, 0.29) is 5.91 Å². The van der Waals surface area contributed by atoms with Crippen LogP contribution >= 0.6 is 11.6 Å². The largest absolute Gasteiger partial charge is 0.338 e. The predicted octanol–water partition coefficient (Wildman–Crippen LogP) is 2.67. The van der Waals surface area contributed by atoms with Gasteiger partial charge in [-0.2, -0.15) is 0 Å². The number of hydrogen-bond donors (Lipinski definition) is 0. The lowest BCUT2D eigenvalue weighted by molar-refractivity contribution is -0.136. The first-order chi connectivity index (χ1) is 14.0. The van der Waals surface area contributed by atoms with Gasteiger partial charge in [0.2, 0.25) is 5.91 Å². The van der Waals surface area contributed by atoms with Gasteiger partial charge in [-0.3, -0.25) is 24.2 Å². The van der Waals surface area contributed by atoms with E-state index in [0.717, 1.165) is 24.5 Å². The molecule has 0 saturated carbocycles. The van der Waals surface area contributed by atoms with Crippen molar-refractivity contribution in [3.8, 4) is 0 Å². The van der Waals surface area contributed by atoms with Gasteiger partial charge in [-0.25, -0.2) is 0 Å². The Hall–Kier alpha value is -2.70. The number of benzene rings is 2. The van der Waals surface area contributed by atoms with Crippen molar-refractivity contribution >= 4 is 29.3 Å². The van der Waals surface area contributed by atoms with Crippen LogP contribution in [0, 0.1) is 0 Å². The number of carbonyl (C=O) groups is 3. The molecule has 1 fully saturated rings. The van der Waals surface area contributed by atoms with Crippen LogP contribution in [0.4, 0.5) is 0 Å². The minimum absolute atomic E-state index is 0.189. The summed E-state index contributed by atoms with van der Waals surface area (Å²) in [6.45, 7) is 5.05. The van der Waals surface area contributed by atoms with E-state index >= 15 is 0 Å². The molecule has 1 saturated heterocycles. The lowest BCUT2D eigenvalue weighted by atomic mass is 10.1. The van der Waals surface area contributed by atoms with Gasteiger partial charge >= 0.3 is 0 Å². The maximum absolute atomic E-state index is 13.0. The third kappa shape index (κ3) is 3.78. The Labute approximate surface area is 174 Å². The summed E-state index contributed by atoms with van der Waals surface area (Å²) in [5.41, 5.74) is 1.91. The number of rotatable bonds is 4. The van der Waals surface area contributed by atoms with Crippen LogP contribution < -0.4 is 0 Å². The standard InChI is InChI=1S/C22H22ClN3O3/c1-15(26-21(28)18-4-2-3-5-19(18)22(26)29)20(27)25-12-10-24(11-13-25)14-16-6-8-17(23)9-7-16/h2-9,15H,10-14H2,1H3/t15-/m0/s1. The van der Waals surface area contributed by atoms with Gasteiger partial charge < -0.3 is 4.90 Å². The van der Waals surface area contributed by atoms with Crippen molar-refractivity contribution in [1.82, 2.24) is 14.7 Å².